The van der Waals surface area contributed by atoms with Gasteiger partial charge in [-0.15, -0.1) is 0 Å². The predicted molar refractivity (Wildman–Crippen MR) is 128 cm³/mol. The average molecular weight is 427 g/mol. The number of imide groups is 1. The number of amides is 2. The van der Waals surface area contributed by atoms with E-state index in [-0.39, 0.29) is 11.6 Å². The van der Waals surface area contributed by atoms with Crippen molar-refractivity contribution in [2.45, 2.75) is 27.7 Å². The van der Waals surface area contributed by atoms with Crippen LogP contribution in [0.2, 0.25) is 0 Å². The van der Waals surface area contributed by atoms with Crippen LogP contribution in [0.15, 0.2) is 66.4 Å². The zero-order valence-corrected chi connectivity index (χ0v) is 18.9. The maximum absolute atomic E-state index is 13.7. The maximum atomic E-state index is 13.7. The van der Waals surface area contributed by atoms with Crippen molar-refractivity contribution < 1.29 is 14.3 Å². The van der Waals surface area contributed by atoms with E-state index in [1.807, 2.05) is 76.2 Å². The highest BCUT2D eigenvalue weighted by atomic mass is 16.5. The molecule has 0 spiro atoms. The molecule has 32 heavy (non-hydrogen) atoms. The van der Waals surface area contributed by atoms with E-state index in [0.29, 0.717) is 22.6 Å². The fraction of sp³-hybridized carbons (Fsp3) is 0.185. The fourth-order valence-electron chi connectivity index (χ4n) is 3.83. The van der Waals surface area contributed by atoms with Gasteiger partial charge in [-0.3, -0.25) is 9.59 Å². The third kappa shape index (κ3) is 3.78. The molecule has 0 saturated carbocycles. The molecule has 162 valence electrons. The van der Waals surface area contributed by atoms with Gasteiger partial charge in [-0.05, 0) is 68.1 Å². The van der Waals surface area contributed by atoms with Crippen molar-refractivity contribution in [2.75, 3.05) is 17.3 Å². The number of nitrogens with one attached hydrogen (secondary N) is 1. The van der Waals surface area contributed by atoms with Crippen LogP contribution in [0, 0.1) is 27.7 Å². The van der Waals surface area contributed by atoms with E-state index in [1.165, 1.54) is 12.0 Å². The van der Waals surface area contributed by atoms with Crippen LogP contribution in [-0.2, 0) is 9.59 Å². The normalized spacial score (nSPS) is 13.7. The molecule has 0 fully saturated rings. The van der Waals surface area contributed by atoms with Gasteiger partial charge in [0, 0.05) is 5.69 Å². The van der Waals surface area contributed by atoms with Gasteiger partial charge in [0.15, 0.2) is 0 Å². The number of anilines is 2. The molecule has 5 nitrogen and oxygen atoms in total. The number of carbonyl (C=O) groups is 2. The van der Waals surface area contributed by atoms with E-state index in [1.54, 1.807) is 12.1 Å². The van der Waals surface area contributed by atoms with Crippen molar-refractivity contribution in [1.29, 1.82) is 0 Å². The van der Waals surface area contributed by atoms with Crippen LogP contribution in [0.4, 0.5) is 11.4 Å². The van der Waals surface area contributed by atoms with Crippen LogP contribution < -0.4 is 15.0 Å². The number of methoxy groups -OCH3 is 1. The molecule has 0 aromatic heterocycles. The van der Waals surface area contributed by atoms with Gasteiger partial charge in [0.05, 0.1) is 18.4 Å². The molecule has 0 unspecified atom stereocenters. The smallest absolute Gasteiger partial charge is 0.282 e. The number of ether oxygens (including phenoxy) is 1. The summed E-state index contributed by atoms with van der Waals surface area (Å²) in [6.45, 7) is 7.86. The highest BCUT2D eigenvalue weighted by Crippen LogP contribution is 2.38. The highest BCUT2D eigenvalue weighted by Gasteiger charge is 2.41. The molecular formula is C27H26N2O3. The molecule has 5 heteroatoms. The van der Waals surface area contributed by atoms with Crippen LogP contribution in [-0.4, -0.2) is 18.9 Å². The lowest BCUT2D eigenvalue weighted by molar-refractivity contribution is -0.120. The number of rotatable bonds is 5. The van der Waals surface area contributed by atoms with Gasteiger partial charge in [0.1, 0.15) is 11.4 Å². The number of benzene rings is 3. The molecule has 1 N–H and O–H groups in total. The van der Waals surface area contributed by atoms with Crippen LogP contribution in [0.25, 0.3) is 5.57 Å². The first-order valence-electron chi connectivity index (χ1n) is 10.5. The first-order valence-corrected chi connectivity index (χ1v) is 10.5. The Morgan fingerprint density at radius 3 is 2.06 bits per heavy atom. The molecule has 4 rings (SSSR count). The van der Waals surface area contributed by atoms with Gasteiger partial charge >= 0.3 is 0 Å². The standard InChI is InChI=1S/C27H26N2O3/c1-16-7-11-20(12-8-16)24-25(28-21-14-17(2)6-10-19(21)4)27(31)29(26(24)30)22-15-18(3)9-13-23(22)32-5/h6-15,28H,1-5H3. The summed E-state index contributed by atoms with van der Waals surface area (Å²) in [4.78, 5) is 28.6. The minimum Gasteiger partial charge on any atom is -0.495 e. The minimum atomic E-state index is -0.407. The van der Waals surface area contributed by atoms with E-state index in [0.717, 1.165) is 27.9 Å². The second kappa shape index (κ2) is 8.35. The SMILES string of the molecule is COc1ccc(C)cc1N1C(=O)C(Nc2cc(C)ccc2C)=C(c2ccc(C)cc2)C1=O. The Hall–Kier alpha value is -3.86. The van der Waals surface area contributed by atoms with Crippen molar-refractivity contribution in [2.24, 2.45) is 0 Å². The van der Waals surface area contributed by atoms with Crippen molar-refractivity contribution in [3.63, 3.8) is 0 Å². The summed E-state index contributed by atoms with van der Waals surface area (Å²) in [5.74, 6) is -0.320. The lowest BCUT2D eigenvalue weighted by Crippen LogP contribution is -2.32. The summed E-state index contributed by atoms with van der Waals surface area (Å²) in [7, 11) is 1.53. The number of hydrogen-bond acceptors (Lipinski definition) is 4. The summed E-state index contributed by atoms with van der Waals surface area (Å²) >= 11 is 0. The second-order valence-electron chi connectivity index (χ2n) is 8.18. The van der Waals surface area contributed by atoms with Gasteiger partial charge in [-0.25, -0.2) is 4.90 Å². The van der Waals surface area contributed by atoms with Gasteiger partial charge in [-0.2, -0.15) is 0 Å². The molecule has 0 bridgehead atoms. The molecule has 0 atom stereocenters. The third-order valence-corrected chi connectivity index (χ3v) is 5.65. The Kier molecular flexibility index (Phi) is 5.57. The van der Waals surface area contributed by atoms with Gasteiger partial charge in [0.25, 0.3) is 11.8 Å². The van der Waals surface area contributed by atoms with Crippen molar-refractivity contribution >= 4 is 28.8 Å². The molecule has 3 aromatic carbocycles. The third-order valence-electron chi connectivity index (χ3n) is 5.65. The zero-order valence-electron chi connectivity index (χ0n) is 18.9. The quantitative estimate of drug-likeness (QED) is 0.561. The van der Waals surface area contributed by atoms with Crippen molar-refractivity contribution in [3.05, 3.63) is 94.2 Å². The molecule has 0 radical (unpaired) electrons. The zero-order chi connectivity index (χ0) is 23.0. The fourth-order valence-corrected chi connectivity index (χ4v) is 3.83. The van der Waals surface area contributed by atoms with E-state index in [9.17, 15) is 9.59 Å². The average Bonchev–Trinajstić information content (AvgIpc) is 3.00. The van der Waals surface area contributed by atoms with Gasteiger partial charge in [-0.1, -0.05) is 48.0 Å². The minimum absolute atomic E-state index is 0.260. The van der Waals surface area contributed by atoms with Crippen molar-refractivity contribution in [3.8, 4) is 5.75 Å². The molecule has 1 heterocycles. The Bertz CT molecular complexity index is 1260. The molecule has 2 amide bonds. The summed E-state index contributed by atoms with van der Waals surface area (Å²) in [5, 5.41) is 3.27. The lowest BCUT2D eigenvalue weighted by atomic mass is 10.0. The first kappa shape index (κ1) is 21.4. The maximum Gasteiger partial charge on any atom is 0.282 e. The highest BCUT2D eigenvalue weighted by molar-refractivity contribution is 6.46. The van der Waals surface area contributed by atoms with E-state index < -0.39 is 5.91 Å². The number of nitrogens with zero attached hydrogens (tertiary/aromatic N) is 1. The Balaban J connectivity index is 1.88. The van der Waals surface area contributed by atoms with Crippen LogP contribution in [0.3, 0.4) is 0 Å². The number of hydrogen-bond donors (Lipinski definition) is 1. The van der Waals surface area contributed by atoms with Crippen LogP contribution >= 0.6 is 0 Å². The Labute approximate surface area is 188 Å². The molecule has 1 aliphatic rings. The largest absolute Gasteiger partial charge is 0.495 e. The monoisotopic (exact) mass is 426 g/mol. The molecule has 0 saturated heterocycles. The summed E-state index contributed by atoms with van der Waals surface area (Å²) < 4.78 is 5.47. The number of carbonyl (C=O) groups excluding carboxylic acids is 2. The van der Waals surface area contributed by atoms with E-state index >= 15 is 0 Å². The van der Waals surface area contributed by atoms with Crippen LogP contribution in [0.1, 0.15) is 27.8 Å². The lowest BCUT2D eigenvalue weighted by Gasteiger charge is -2.19. The second-order valence-corrected chi connectivity index (χ2v) is 8.18. The van der Waals surface area contributed by atoms with Gasteiger partial charge < -0.3 is 10.1 Å². The summed E-state index contributed by atoms with van der Waals surface area (Å²) in [6.07, 6.45) is 0. The summed E-state index contributed by atoms with van der Waals surface area (Å²) in [5.41, 5.74) is 6.57. The van der Waals surface area contributed by atoms with Gasteiger partial charge in [0.2, 0.25) is 0 Å². The Morgan fingerprint density at radius 2 is 1.38 bits per heavy atom. The van der Waals surface area contributed by atoms with E-state index in [2.05, 4.69) is 5.32 Å². The number of aryl methyl sites for hydroxylation is 4. The topological polar surface area (TPSA) is 58.6 Å². The molecular weight excluding hydrogens is 400 g/mol. The van der Waals surface area contributed by atoms with Crippen LogP contribution in [0.5, 0.6) is 5.75 Å². The molecule has 1 aliphatic heterocycles. The first-order chi connectivity index (χ1) is 15.3. The van der Waals surface area contributed by atoms with Crippen molar-refractivity contribution in [1.82, 2.24) is 0 Å². The Morgan fingerprint density at radius 1 is 0.750 bits per heavy atom. The predicted octanol–water partition coefficient (Wildman–Crippen LogP) is 5.33. The molecule has 0 aliphatic carbocycles. The van der Waals surface area contributed by atoms with E-state index in [4.69, 9.17) is 4.74 Å². The summed E-state index contributed by atoms with van der Waals surface area (Å²) in [6, 6.07) is 19.1. The molecule has 3 aromatic rings.